The van der Waals surface area contributed by atoms with E-state index in [1.54, 1.807) is 0 Å². The average Bonchev–Trinajstić information content (AvgIpc) is 2.38. The number of nitrogens with zero attached hydrogens (tertiary/aromatic N) is 1. The summed E-state index contributed by atoms with van der Waals surface area (Å²) in [5.74, 6) is 2.25. The van der Waals surface area contributed by atoms with Crippen molar-refractivity contribution in [3.63, 3.8) is 0 Å². The topological polar surface area (TPSA) is 98.5 Å². The monoisotopic (exact) mass is 284 g/mol. The minimum atomic E-state index is -3.69. The molecule has 1 aromatic rings. The second-order valence-electron chi connectivity index (χ2n) is 3.41. The number of benzene rings is 1. The van der Waals surface area contributed by atoms with Gasteiger partial charge in [-0.1, -0.05) is 5.92 Å². The standard InChI is InChI=1S/C11H12N2O5S/c1-2-8-18-9-7-12-19(16,17)11-5-3-10(4-6-11)13(14)15/h1,3-6,12H,7-9H2. The molecule has 0 aliphatic heterocycles. The Bertz CT molecular complexity index is 574. The lowest BCUT2D eigenvalue weighted by Gasteiger charge is -2.06. The zero-order valence-electron chi connectivity index (χ0n) is 9.90. The first-order valence-electron chi connectivity index (χ1n) is 5.22. The van der Waals surface area contributed by atoms with Crippen molar-refractivity contribution in [2.45, 2.75) is 4.90 Å². The molecule has 0 saturated heterocycles. The molecule has 1 aromatic carbocycles. The zero-order valence-corrected chi connectivity index (χ0v) is 10.7. The van der Waals surface area contributed by atoms with Crippen molar-refractivity contribution < 1.29 is 18.1 Å². The van der Waals surface area contributed by atoms with E-state index in [0.29, 0.717) is 0 Å². The third kappa shape index (κ3) is 4.67. The Morgan fingerprint density at radius 1 is 1.37 bits per heavy atom. The van der Waals surface area contributed by atoms with Gasteiger partial charge in [0, 0.05) is 18.7 Å². The molecule has 102 valence electrons. The lowest BCUT2D eigenvalue weighted by atomic mass is 10.3. The lowest BCUT2D eigenvalue weighted by Crippen LogP contribution is -2.27. The van der Waals surface area contributed by atoms with Crippen LogP contribution in [0.2, 0.25) is 0 Å². The maximum Gasteiger partial charge on any atom is 0.269 e. The van der Waals surface area contributed by atoms with Gasteiger partial charge in [0.25, 0.3) is 5.69 Å². The van der Waals surface area contributed by atoms with Gasteiger partial charge in [0.1, 0.15) is 6.61 Å². The highest BCUT2D eigenvalue weighted by molar-refractivity contribution is 7.89. The molecule has 0 aliphatic rings. The Morgan fingerprint density at radius 3 is 2.53 bits per heavy atom. The van der Waals surface area contributed by atoms with Gasteiger partial charge in [-0.15, -0.1) is 6.42 Å². The summed E-state index contributed by atoms with van der Waals surface area (Å²) in [7, 11) is -3.69. The van der Waals surface area contributed by atoms with Crippen LogP contribution in [0.1, 0.15) is 0 Å². The molecule has 1 rings (SSSR count). The van der Waals surface area contributed by atoms with Gasteiger partial charge in [0.2, 0.25) is 10.0 Å². The lowest BCUT2D eigenvalue weighted by molar-refractivity contribution is -0.384. The van der Waals surface area contributed by atoms with E-state index >= 15 is 0 Å². The molecule has 0 fully saturated rings. The van der Waals surface area contributed by atoms with Crippen molar-refractivity contribution in [3.05, 3.63) is 34.4 Å². The first kappa shape index (κ1) is 15.1. The largest absolute Gasteiger partial charge is 0.367 e. The van der Waals surface area contributed by atoms with E-state index in [9.17, 15) is 18.5 Å². The Kier molecular flexibility index (Phi) is 5.44. The quantitative estimate of drug-likeness (QED) is 0.341. The molecule has 0 aliphatic carbocycles. The van der Waals surface area contributed by atoms with Crippen LogP contribution >= 0.6 is 0 Å². The summed E-state index contributed by atoms with van der Waals surface area (Å²) in [5.41, 5.74) is -0.170. The summed E-state index contributed by atoms with van der Waals surface area (Å²) < 4.78 is 30.7. The molecule has 19 heavy (non-hydrogen) atoms. The highest BCUT2D eigenvalue weighted by atomic mass is 32.2. The van der Waals surface area contributed by atoms with E-state index in [4.69, 9.17) is 11.2 Å². The van der Waals surface area contributed by atoms with E-state index in [-0.39, 0.29) is 30.3 Å². The summed E-state index contributed by atoms with van der Waals surface area (Å²) >= 11 is 0. The van der Waals surface area contributed by atoms with E-state index < -0.39 is 14.9 Å². The van der Waals surface area contributed by atoms with Crippen LogP contribution in [0.15, 0.2) is 29.2 Å². The van der Waals surface area contributed by atoms with Gasteiger partial charge in [0.15, 0.2) is 0 Å². The number of non-ortho nitro benzene ring substituents is 1. The highest BCUT2D eigenvalue weighted by Gasteiger charge is 2.14. The predicted molar refractivity (Wildman–Crippen MR) is 67.9 cm³/mol. The van der Waals surface area contributed by atoms with Crippen molar-refractivity contribution in [1.29, 1.82) is 0 Å². The molecule has 0 unspecified atom stereocenters. The van der Waals surface area contributed by atoms with Crippen LogP contribution in [0, 0.1) is 22.5 Å². The normalized spacial score (nSPS) is 10.9. The minimum Gasteiger partial charge on any atom is -0.367 e. The van der Waals surface area contributed by atoms with Crippen molar-refractivity contribution in [1.82, 2.24) is 4.72 Å². The number of nitro groups is 1. The average molecular weight is 284 g/mol. The van der Waals surface area contributed by atoms with Crippen molar-refractivity contribution >= 4 is 15.7 Å². The van der Waals surface area contributed by atoms with Crippen LogP contribution in [0.4, 0.5) is 5.69 Å². The smallest absolute Gasteiger partial charge is 0.269 e. The molecule has 0 saturated carbocycles. The maximum atomic E-state index is 11.8. The fraction of sp³-hybridized carbons (Fsp3) is 0.273. The van der Waals surface area contributed by atoms with Crippen LogP contribution in [-0.4, -0.2) is 33.1 Å². The molecule has 1 N–H and O–H groups in total. The number of ether oxygens (including phenoxy) is 1. The number of nitro benzene ring substituents is 1. The maximum absolute atomic E-state index is 11.8. The zero-order chi connectivity index (χ0) is 14.3. The van der Waals surface area contributed by atoms with E-state index in [2.05, 4.69) is 10.6 Å². The number of nitrogens with one attached hydrogen (secondary N) is 1. The van der Waals surface area contributed by atoms with Gasteiger partial charge >= 0.3 is 0 Å². The van der Waals surface area contributed by atoms with E-state index in [1.165, 1.54) is 12.1 Å². The van der Waals surface area contributed by atoms with Crippen molar-refractivity contribution in [2.75, 3.05) is 19.8 Å². The molecule has 0 radical (unpaired) electrons. The molecule has 8 heteroatoms. The molecule has 0 heterocycles. The molecule has 0 amide bonds. The van der Waals surface area contributed by atoms with Gasteiger partial charge < -0.3 is 4.74 Å². The van der Waals surface area contributed by atoms with Crippen LogP contribution < -0.4 is 4.72 Å². The van der Waals surface area contributed by atoms with Crippen LogP contribution in [0.25, 0.3) is 0 Å². The summed E-state index contributed by atoms with van der Waals surface area (Å²) in [6.07, 6.45) is 4.96. The highest BCUT2D eigenvalue weighted by Crippen LogP contribution is 2.15. The molecule has 0 bridgehead atoms. The van der Waals surface area contributed by atoms with Gasteiger partial charge in [-0.25, -0.2) is 13.1 Å². The molecule has 0 aromatic heterocycles. The number of hydrogen-bond donors (Lipinski definition) is 1. The SMILES string of the molecule is C#CCOCCNS(=O)(=O)c1ccc([N+](=O)[O-])cc1. The number of hydrogen-bond acceptors (Lipinski definition) is 5. The fourth-order valence-electron chi connectivity index (χ4n) is 1.21. The third-order valence-corrected chi connectivity index (χ3v) is 3.56. The van der Waals surface area contributed by atoms with Gasteiger partial charge in [-0.05, 0) is 12.1 Å². The Hall–Kier alpha value is -1.95. The fourth-order valence-corrected chi connectivity index (χ4v) is 2.22. The summed E-state index contributed by atoms with van der Waals surface area (Å²) in [4.78, 5) is 9.80. The molecule has 0 spiro atoms. The second kappa shape index (κ2) is 6.84. The summed E-state index contributed by atoms with van der Waals surface area (Å²) in [6, 6.07) is 4.60. The van der Waals surface area contributed by atoms with Crippen molar-refractivity contribution in [3.8, 4) is 12.3 Å². The molecular formula is C11H12N2O5S. The molecule has 7 nitrogen and oxygen atoms in total. The third-order valence-electron chi connectivity index (χ3n) is 2.08. The number of terminal acetylenes is 1. The Morgan fingerprint density at radius 2 is 2.00 bits per heavy atom. The van der Waals surface area contributed by atoms with Crippen LogP contribution in [-0.2, 0) is 14.8 Å². The van der Waals surface area contributed by atoms with E-state index in [0.717, 1.165) is 12.1 Å². The molecule has 0 atom stereocenters. The number of sulfonamides is 1. The van der Waals surface area contributed by atoms with E-state index in [1.807, 2.05) is 0 Å². The van der Waals surface area contributed by atoms with Crippen LogP contribution in [0.3, 0.4) is 0 Å². The molecular weight excluding hydrogens is 272 g/mol. The summed E-state index contributed by atoms with van der Waals surface area (Å²) in [6.45, 7) is 0.330. The first-order chi connectivity index (χ1) is 8.97. The summed E-state index contributed by atoms with van der Waals surface area (Å²) in [5, 5.41) is 10.4. The Labute approximate surface area is 110 Å². The first-order valence-corrected chi connectivity index (χ1v) is 6.71. The number of rotatable bonds is 7. The minimum absolute atomic E-state index is 0.0463. The van der Waals surface area contributed by atoms with Crippen LogP contribution in [0.5, 0.6) is 0 Å². The predicted octanol–water partition coefficient (Wildman–Crippen LogP) is 0.523. The Balaban J connectivity index is 2.62. The van der Waals surface area contributed by atoms with Gasteiger partial charge in [0.05, 0.1) is 16.4 Å². The second-order valence-corrected chi connectivity index (χ2v) is 5.17. The van der Waals surface area contributed by atoms with Gasteiger partial charge in [-0.3, -0.25) is 10.1 Å². The van der Waals surface area contributed by atoms with Crippen molar-refractivity contribution in [2.24, 2.45) is 0 Å². The van der Waals surface area contributed by atoms with Gasteiger partial charge in [-0.2, -0.15) is 0 Å².